The predicted octanol–water partition coefficient (Wildman–Crippen LogP) is 5.61. The predicted molar refractivity (Wildman–Crippen MR) is 85.2 cm³/mol. The molecule has 1 heterocycles. The Hall–Kier alpha value is -0.0900. The topological polar surface area (TPSA) is 0 Å². The van der Waals surface area contributed by atoms with Crippen LogP contribution in [0.5, 0.6) is 0 Å². The molecule has 0 aliphatic heterocycles. The Bertz CT molecular complexity index is 552. The third-order valence-electron chi connectivity index (χ3n) is 3.10. The molecule has 0 bridgehead atoms. The zero-order valence-corrected chi connectivity index (χ0v) is 13.9. The number of alkyl halides is 2. The van der Waals surface area contributed by atoms with E-state index in [0.29, 0.717) is 12.0 Å². The van der Waals surface area contributed by atoms with Crippen LogP contribution in [-0.2, 0) is 11.8 Å². The van der Waals surface area contributed by atoms with E-state index in [1.165, 1.54) is 6.07 Å². The molecule has 0 aliphatic carbocycles. The van der Waals surface area contributed by atoms with Gasteiger partial charge in [-0.25, -0.2) is 4.39 Å². The first-order valence-electron chi connectivity index (χ1n) is 5.72. The van der Waals surface area contributed by atoms with Gasteiger partial charge in [0.1, 0.15) is 5.82 Å². The monoisotopic (exact) mass is 380 g/mol. The molecule has 0 atom stereocenters. The summed E-state index contributed by atoms with van der Waals surface area (Å²) in [5.74, 6) is 0.319. The average molecular weight is 382 g/mol. The summed E-state index contributed by atoms with van der Waals surface area (Å²) in [5, 5.41) is 0. The van der Waals surface area contributed by atoms with Crippen LogP contribution in [0.25, 0.3) is 0 Å². The van der Waals surface area contributed by atoms with Crippen LogP contribution in [0.3, 0.4) is 0 Å². The quantitative estimate of drug-likeness (QED) is 0.590. The molecule has 0 saturated carbocycles. The first-order valence-corrected chi connectivity index (χ1v) is 8.40. The number of rotatable bonds is 5. The molecule has 2 rings (SSSR count). The van der Waals surface area contributed by atoms with Crippen LogP contribution >= 0.6 is 50.5 Å². The fourth-order valence-corrected chi connectivity index (χ4v) is 4.43. The number of hydrogen-bond acceptors (Lipinski definition) is 1. The highest BCUT2D eigenvalue weighted by Crippen LogP contribution is 2.36. The van der Waals surface area contributed by atoms with Gasteiger partial charge in [0.15, 0.2) is 0 Å². The minimum Gasteiger partial charge on any atom is -0.207 e. The van der Waals surface area contributed by atoms with Crippen molar-refractivity contribution in [1.82, 2.24) is 0 Å². The van der Waals surface area contributed by atoms with E-state index in [4.69, 9.17) is 23.2 Å². The number of thiophene rings is 1. The van der Waals surface area contributed by atoms with Gasteiger partial charge < -0.3 is 0 Å². The maximum Gasteiger partial charge on any atom is 0.127 e. The molecule has 102 valence electrons. The highest BCUT2D eigenvalue weighted by atomic mass is 79.9. The Kier molecular flexibility index (Phi) is 5.29. The van der Waals surface area contributed by atoms with Crippen molar-refractivity contribution in [1.29, 1.82) is 0 Å². The van der Waals surface area contributed by atoms with E-state index in [-0.39, 0.29) is 17.6 Å². The molecular formula is C14H12BrCl2FS. The van der Waals surface area contributed by atoms with Gasteiger partial charge >= 0.3 is 0 Å². The van der Waals surface area contributed by atoms with Crippen LogP contribution in [-0.4, -0.2) is 11.8 Å². The maximum absolute atomic E-state index is 14.0. The van der Waals surface area contributed by atoms with E-state index in [9.17, 15) is 4.39 Å². The van der Waals surface area contributed by atoms with Gasteiger partial charge in [-0.1, -0.05) is 18.2 Å². The number of halogens is 4. The van der Waals surface area contributed by atoms with Crippen molar-refractivity contribution in [2.45, 2.75) is 11.8 Å². The highest BCUT2D eigenvalue weighted by Gasteiger charge is 2.33. The number of hydrogen-bond donors (Lipinski definition) is 0. The van der Waals surface area contributed by atoms with Crippen LogP contribution in [0.2, 0.25) is 0 Å². The summed E-state index contributed by atoms with van der Waals surface area (Å²) < 4.78 is 15.1. The average Bonchev–Trinajstić information content (AvgIpc) is 2.82. The summed E-state index contributed by atoms with van der Waals surface area (Å²) in [6.07, 6.45) is 0.636. The Morgan fingerprint density at radius 2 is 1.79 bits per heavy atom. The van der Waals surface area contributed by atoms with Gasteiger partial charge in [-0.15, -0.1) is 34.5 Å². The molecule has 2 aromatic rings. The van der Waals surface area contributed by atoms with Crippen LogP contribution < -0.4 is 0 Å². The zero-order chi connectivity index (χ0) is 13.9. The Labute approximate surface area is 134 Å². The molecule has 0 fully saturated rings. The van der Waals surface area contributed by atoms with Crippen LogP contribution in [0, 0.1) is 5.82 Å². The molecule has 0 N–H and O–H groups in total. The number of benzene rings is 1. The molecule has 0 aliphatic rings. The fourth-order valence-electron chi connectivity index (χ4n) is 2.04. The fraction of sp³-hybridized carbons (Fsp3) is 0.286. The molecule has 0 spiro atoms. The van der Waals surface area contributed by atoms with Crippen LogP contribution in [0.4, 0.5) is 4.39 Å². The van der Waals surface area contributed by atoms with Crippen molar-refractivity contribution >= 4 is 50.5 Å². The van der Waals surface area contributed by atoms with Gasteiger partial charge in [-0.3, -0.25) is 0 Å². The van der Waals surface area contributed by atoms with Crippen molar-refractivity contribution in [2.75, 3.05) is 11.8 Å². The molecule has 19 heavy (non-hydrogen) atoms. The zero-order valence-electron chi connectivity index (χ0n) is 10.0. The summed E-state index contributed by atoms with van der Waals surface area (Å²) in [5.41, 5.74) is 0.0168. The smallest absolute Gasteiger partial charge is 0.127 e. The Morgan fingerprint density at radius 3 is 2.32 bits per heavy atom. The molecule has 1 aromatic heterocycles. The standard InChI is InChI=1S/C14H12BrCl2FS/c15-13-6-5-10(19-13)7-14(8-16,9-17)11-3-1-2-4-12(11)18/h1-6H,7-9H2. The van der Waals surface area contributed by atoms with E-state index in [1.807, 2.05) is 18.2 Å². The minimum absolute atomic E-state index is 0.251. The van der Waals surface area contributed by atoms with Crippen molar-refractivity contribution in [3.63, 3.8) is 0 Å². The first kappa shape index (κ1) is 15.3. The summed E-state index contributed by atoms with van der Waals surface area (Å²) >= 11 is 17.3. The third kappa shape index (κ3) is 3.33. The molecule has 0 amide bonds. The summed E-state index contributed by atoms with van der Waals surface area (Å²) in [7, 11) is 0. The van der Waals surface area contributed by atoms with E-state index >= 15 is 0 Å². The second-order valence-electron chi connectivity index (χ2n) is 4.41. The molecular weight excluding hydrogens is 370 g/mol. The third-order valence-corrected chi connectivity index (χ3v) is 5.75. The lowest BCUT2D eigenvalue weighted by atomic mass is 9.80. The van der Waals surface area contributed by atoms with E-state index in [0.717, 1.165) is 8.66 Å². The second kappa shape index (κ2) is 6.57. The second-order valence-corrected chi connectivity index (χ2v) is 7.49. The summed E-state index contributed by atoms with van der Waals surface area (Å²) in [6, 6.07) is 10.7. The first-order chi connectivity index (χ1) is 9.11. The van der Waals surface area contributed by atoms with Gasteiger partial charge in [-0.05, 0) is 46.1 Å². The SMILES string of the molecule is Fc1ccccc1C(CCl)(CCl)Cc1ccc(Br)s1. The van der Waals surface area contributed by atoms with E-state index in [1.54, 1.807) is 23.5 Å². The largest absolute Gasteiger partial charge is 0.207 e. The van der Waals surface area contributed by atoms with E-state index in [2.05, 4.69) is 15.9 Å². The van der Waals surface area contributed by atoms with Crippen molar-refractivity contribution < 1.29 is 4.39 Å². The van der Waals surface area contributed by atoms with Gasteiger partial charge in [0.25, 0.3) is 0 Å². The normalized spacial score (nSPS) is 11.8. The lowest BCUT2D eigenvalue weighted by Gasteiger charge is -2.30. The van der Waals surface area contributed by atoms with Crippen molar-refractivity contribution in [2.24, 2.45) is 0 Å². The van der Waals surface area contributed by atoms with Crippen LogP contribution in [0.15, 0.2) is 40.2 Å². The molecule has 0 radical (unpaired) electrons. The van der Waals surface area contributed by atoms with Crippen LogP contribution in [0.1, 0.15) is 10.4 Å². The molecule has 5 heteroatoms. The highest BCUT2D eigenvalue weighted by molar-refractivity contribution is 9.11. The van der Waals surface area contributed by atoms with Crippen molar-refractivity contribution in [3.8, 4) is 0 Å². The van der Waals surface area contributed by atoms with Gasteiger partial charge in [-0.2, -0.15) is 0 Å². The van der Waals surface area contributed by atoms with Gasteiger partial charge in [0.2, 0.25) is 0 Å². The van der Waals surface area contributed by atoms with Gasteiger partial charge in [0, 0.05) is 22.1 Å². The minimum atomic E-state index is -0.571. The summed E-state index contributed by atoms with van der Waals surface area (Å²) in [6.45, 7) is 0. The molecule has 0 unspecified atom stereocenters. The lowest BCUT2D eigenvalue weighted by Crippen LogP contribution is -2.34. The van der Waals surface area contributed by atoms with Gasteiger partial charge in [0.05, 0.1) is 3.79 Å². The molecule has 0 nitrogen and oxygen atoms in total. The molecule has 0 saturated heterocycles. The maximum atomic E-state index is 14.0. The van der Waals surface area contributed by atoms with Crippen molar-refractivity contribution in [3.05, 3.63) is 56.4 Å². The lowest BCUT2D eigenvalue weighted by molar-refractivity contribution is 0.494. The Balaban J connectivity index is 2.40. The Morgan fingerprint density at radius 1 is 1.11 bits per heavy atom. The molecule has 1 aromatic carbocycles. The van der Waals surface area contributed by atoms with E-state index < -0.39 is 5.41 Å². The summed E-state index contributed by atoms with van der Waals surface area (Å²) in [4.78, 5) is 1.14.